The molecule has 0 saturated heterocycles. The minimum Gasteiger partial charge on any atom is -0.327 e. The summed E-state index contributed by atoms with van der Waals surface area (Å²) in [7, 11) is 0. The maximum atomic E-state index is 13.1. The summed E-state index contributed by atoms with van der Waals surface area (Å²) >= 11 is 0. The average Bonchev–Trinajstić information content (AvgIpc) is 2.36. The van der Waals surface area contributed by atoms with E-state index >= 15 is 0 Å². The van der Waals surface area contributed by atoms with Crippen LogP contribution in [-0.2, 0) is 4.79 Å². The van der Waals surface area contributed by atoms with Gasteiger partial charge in [-0.25, -0.2) is 9.18 Å². The molecule has 0 aromatic heterocycles. The number of ketones is 1. The Kier molecular flexibility index (Phi) is 3.08. The van der Waals surface area contributed by atoms with Crippen LogP contribution in [-0.4, -0.2) is 11.8 Å². The van der Waals surface area contributed by atoms with E-state index in [1.807, 2.05) is 13.8 Å². The second-order valence-electron chi connectivity index (χ2n) is 6.42. The topological polar surface area (TPSA) is 58.2 Å². The van der Waals surface area contributed by atoms with Gasteiger partial charge in [-0.2, -0.15) is 0 Å². The number of hydrogen-bond donors (Lipinski definition) is 2. The van der Waals surface area contributed by atoms with E-state index in [0.717, 1.165) is 0 Å². The zero-order valence-corrected chi connectivity index (χ0v) is 12.0. The number of allylic oxidation sites excluding steroid dienone is 1. The van der Waals surface area contributed by atoms with E-state index in [2.05, 4.69) is 10.6 Å². The zero-order chi connectivity index (χ0) is 15.2. The Morgan fingerprint density at radius 3 is 2.48 bits per heavy atom. The predicted octanol–water partition coefficient (Wildman–Crippen LogP) is 2.82. The van der Waals surface area contributed by atoms with Gasteiger partial charge >= 0.3 is 6.03 Å². The highest BCUT2D eigenvalue weighted by Gasteiger charge is 2.40. The van der Waals surface area contributed by atoms with Gasteiger partial charge < -0.3 is 10.6 Å². The summed E-state index contributed by atoms with van der Waals surface area (Å²) in [5.41, 5.74) is 1.84. The van der Waals surface area contributed by atoms with Gasteiger partial charge in [-0.1, -0.05) is 26.0 Å². The van der Waals surface area contributed by atoms with Crippen LogP contribution in [0.1, 0.15) is 38.3 Å². The van der Waals surface area contributed by atoms with Gasteiger partial charge in [0.05, 0.1) is 6.04 Å². The number of carbonyl (C=O) groups is 2. The number of rotatable bonds is 1. The lowest BCUT2D eigenvalue weighted by Gasteiger charge is -2.38. The molecule has 0 unspecified atom stereocenters. The van der Waals surface area contributed by atoms with Gasteiger partial charge in [-0.3, -0.25) is 4.79 Å². The summed E-state index contributed by atoms with van der Waals surface area (Å²) in [5, 5.41) is 5.51. The number of benzene rings is 1. The van der Waals surface area contributed by atoms with Crippen LogP contribution in [0.25, 0.3) is 0 Å². The van der Waals surface area contributed by atoms with Crippen LogP contribution < -0.4 is 10.6 Å². The summed E-state index contributed by atoms with van der Waals surface area (Å²) in [5.74, 6) is -0.313. The van der Waals surface area contributed by atoms with E-state index in [1.54, 1.807) is 12.1 Å². The van der Waals surface area contributed by atoms with Gasteiger partial charge in [0.25, 0.3) is 0 Å². The number of halogens is 1. The highest BCUT2D eigenvalue weighted by atomic mass is 19.1. The molecule has 0 bridgehead atoms. The van der Waals surface area contributed by atoms with E-state index < -0.39 is 6.04 Å². The number of Topliss-reactive ketones (excluding diaryl/α,β-unsaturated/α-hetero) is 1. The Hall–Kier alpha value is -2.17. The molecule has 2 amide bonds. The van der Waals surface area contributed by atoms with Gasteiger partial charge in [-0.05, 0) is 29.5 Å². The summed E-state index contributed by atoms with van der Waals surface area (Å²) in [6.07, 6.45) is 1.10. The molecule has 1 aliphatic carbocycles. The third-order valence-electron chi connectivity index (χ3n) is 3.95. The van der Waals surface area contributed by atoms with Crippen molar-refractivity contribution in [1.29, 1.82) is 0 Å². The molecule has 21 heavy (non-hydrogen) atoms. The predicted molar refractivity (Wildman–Crippen MR) is 75.9 cm³/mol. The summed E-state index contributed by atoms with van der Waals surface area (Å²) < 4.78 is 13.1. The number of hydrogen-bond acceptors (Lipinski definition) is 2. The summed E-state index contributed by atoms with van der Waals surface area (Å²) in [6, 6.07) is 5.04. The van der Waals surface area contributed by atoms with Gasteiger partial charge in [0.2, 0.25) is 0 Å². The minimum atomic E-state index is -0.502. The maximum Gasteiger partial charge on any atom is 0.319 e. The molecule has 1 aromatic rings. The third kappa shape index (κ3) is 2.55. The molecule has 0 fully saturated rings. The van der Waals surface area contributed by atoms with Gasteiger partial charge in [-0.15, -0.1) is 0 Å². The molecular weight excluding hydrogens is 271 g/mol. The molecule has 1 aromatic carbocycles. The summed E-state index contributed by atoms with van der Waals surface area (Å²) in [6.45, 7) is 4.02. The smallest absolute Gasteiger partial charge is 0.319 e. The molecule has 1 atom stereocenters. The van der Waals surface area contributed by atoms with Crippen LogP contribution in [0.4, 0.5) is 9.18 Å². The van der Waals surface area contributed by atoms with E-state index in [1.165, 1.54) is 12.1 Å². The van der Waals surface area contributed by atoms with Gasteiger partial charge in [0, 0.05) is 17.7 Å². The molecule has 3 rings (SSSR count). The van der Waals surface area contributed by atoms with Crippen LogP contribution >= 0.6 is 0 Å². The lowest BCUT2D eigenvalue weighted by atomic mass is 9.73. The number of carbonyl (C=O) groups excluding carboxylic acids is 2. The normalized spacial score (nSPS) is 24.2. The first-order valence-electron chi connectivity index (χ1n) is 6.95. The van der Waals surface area contributed by atoms with Crippen molar-refractivity contribution in [1.82, 2.24) is 10.6 Å². The Labute approximate surface area is 122 Å². The van der Waals surface area contributed by atoms with Crippen LogP contribution in [0.2, 0.25) is 0 Å². The van der Waals surface area contributed by atoms with Crippen LogP contribution in [0, 0.1) is 11.2 Å². The third-order valence-corrected chi connectivity index (χ3v) is 3.95. The van der Waals surface area contributed by atoms with E-state index in [9.17, 15) is 14.0 Å². The van der Waals surface area contributed by atoms with Crippen LogP contribution in [0.15, 0.2) is 35.5 Å². The molecule has 0 saturated carbocycles. The highest BCUT2D eigenvalue weighted by molar-refractivity contribution is 6.01. The molecule has 2 N–H and O–H groups in total. The van der Waals surface area contributed by atoms with Crippen molar-refractivity contribution in [2.24, 2.45) is 5.41 Å². The molecule has 110 valence electrons. The van der Waals surface area contributed by atoms with Crippen LogP contribution in [0.5, 0.6) is 0 Å². The maximum absolute atomic E-state index is 13.1. The van der Waals surface area contributed by atoms with E-state index in [0.29, 0.717) is 29.7 Å². The fraction of sp³-hybridized carbons (Fsp3) is 0.375. The molecular formula is C16H17FN2O2. The Morgan fingerprint density at radius 1 is 1.14 bits per heavy atom. The van der Waals surface area contributed by atoms with Crippen LogP contribution in [0.3, 0.4) is 0 Å². The van der Waals surface area contributed by atoms with E-state index in [-0.39, 0.29) is 23.0 Å². The summed E-state index contributed by atoms with van der Waals surface area (Å²) in [4.78, 5) is 24.3. The molecule has 0 spiro atoms. The quantitative estimate of drug-likeness (QED) is 0.835. The number of nitrogens with one attached hydrogen (secondary N) is 2. The Balaban J connectivity index is 2.06. The monoisotopic (exact) mass is 288 g/mol. The molecule has 4 nitrogen and oxygen atoms in total. The fourth-order valence-corrected chi connectivity index (χ4v) is 3.06. The van der Waals surface area contributed by atoms with Gasteiger partial charge in [0.1, 0.15) is 5.82 Å². The number of amides is 2. The van der Waals surface area contributed by atoms with Gasteiger partial charge in [0.15, 0.2) is 5.78 Å². The first-order valence-corrected chi connectivity index (χ1v) is 6.95. The molecule has 1 heterocycles. The standard InChI is InChI=1S/C16H17FN2O2/c1-16(2)7-11-13(12(20)8-16)14(19-15(21)18-11)9-3-5-10(17)6-4-9/h3-6,14H,7-8H2,1-2H3,(H2,18,19,21)/t14-/m1/s1. The SMILES string of the molecule is CC1(C)CC(=O)C2=C(C1)NC(=O)N[C@@H]2c1ccc(F)cc1. The minimum absolute atomic E-state index is 0.0306. The number of urea groups is 1. The van der Waals surface area contributed by atoms with Crippen molar-refractivity contribution in [2.45, 2.75) is 32.7 Å². The van der Waals surface area contributed by atoms with Crippen molar-refractivity contribution in [3.05, 3.63) is 46.9 Å². The molecule has 5 heteroatoms. The van der Waals surface area contributed by atoms with E-state index in [4.69, 9.17) is 0 Å². The Morgan fingerprint density at radius 2 is 1.81 bits per heavy atom. The lowest BCUT2D eigenvalue weighted by Crippen LogP contribution is -2.48. The van der Waals surface area contributed by atoms with Crippen molar-refractivity contribution < 1.29 is 14.0 Å². The lowest BCUT2D eigenvalue weighted by molar-refractivity contribution is -0.118. The van der Waals surface area contributed by atoms with Crippen molar-refractivity contribution >= 4 is 11.8 Å². The highest BCUT2D eigenvalue weighted by Crippen LogP contribution is 2.41. The zero-order valence-electron chi connectivity index (χ0n) is 12.0. The second-order valence-corrected chi connectivity index (χ2v) is 6.42. The Bertz CT molecular complexity index is 647. The average molecular weight is 288 g/mol. The first kappa shape index (κ1) is 13.8. The molecule has 0 radical (unpaired) electrons. The first-order chi connectivity index (χ1) is 9.85. The van der Waals surface area contributed by atoms with Crippen molar-refractivity contribution in [2.75, 3.05) is 0 Å². The largest absolute Gasteiger partial charge is 0.327 e. The second kappa shape index (κ2) is 4.69. The van der Waals surface area contributed by atoms with Crippen molar-refractivity contribution in [3.63, 3.8) is 0 Å². The fourth-order valence-electron chi connectivity index (χ4n) is 3.06. The molecule has 1 aliphatic heterocycles. The molecule has 2 aliphatic rings. The van der Waals surface area contributed by atoms with Crippen molar-refractivity contribution in [3.8, 4) is 0 Å².